The SMILES string of the molecule is CC(C)CC(NC(=O)C(NC(=O)OC(C)(C)C)C(C)C)C(=O)NC(Cc1ccccc1)C(N)=O. The molecule has 0 aliphatic carbocycles. The van der Waals surface area contributed by atoms with E-state index in [2.05, 4.69) is 16.0 Å². The van der Waals surface area contributed by atoms with Gasteiger partial charge in [-0.2, -0.15) is 0 Å². The van der Waals surface area contributed by atoms with Crippen molar-refractivity contribution >= 4 is 23.8 Å². The quantitative estimate of drug-likeness (QED) is 0.388. The lowest BCUT2D eigenvalue weighted by Crippen LogP contribution is -2.58. The molecule has 5 N–H and O–H groups in total. The second-order valence-electron chi connectivity index (χ2n) is 10.2. The minimum absolute atomic E-state index is 0.0773. The lowest BCUT2D eigenvalue weighted by Gasteiger charge is -2.28. The number of carbonyl (C=O) groups is 4. The van der Waals surface area contributed by atoms with E-state index in [1.165, 1.54) is 0 Å². The molecule has 0 spiro atoms. The van der Waals surface area contributed by atoms with Gasteiger partial charge in [0.15, 0.2) is 0 Å². The van der Waals surface area contributed by atoms with Gasteiger partial charge in [0.2, 0.25) is 17.7 Å². The molecule has 1 rings (SSSR count). The van der Waals surface area contributed by atoms with Crippen molar-refractivity contribution in [3.05, 3.63) is 35.9 Å². The summed E-state index contributed by atoms with van der Waals surface area (Å²) in [6.07, 6.45) is -0.145. The van der Waals surface area contributed by atoms with Gasteiger partial charge in [-0.05, 0) is 44.6 Å². The number of hydrogen-bond acceptors (Lipinski definition) is 5. The highest BCUT2D eigenvalue weighted by atomic mass is 16.6. The number of ether oxygens (including phenoxy) is 1. The number of alkyl carbamates (subject to hydrolysis) is 1. The summed E-state index contributed by atoms with van der Waals surface area (Å²) in [7, 11) is 0. The number of rotatable bonds is 11. The van der Waals surface area contributed by atoms with E-state index in [1.54, 1.807) is 34.6 Å². The first-order valence-electron chi connectivity index (χ1n) is 11.6. The first-order chi connectivity index (χ1) is 15.7. The summed E-state index contributed by atoms with van der Waals surface area (Å²) in [4.78, 5) is 50.3. The van der Waals surface area contributed by atoms with E-state index in [9.17, 15) is 19.2 Å². The Bertz CT molecular complexity index is 833. The maximum atomic E-state index is 13.1. The molecule has 4 amide bonds. The van der Waals surface area contributed by atoms with Gasteiger partial charge in [0.25, 0.3) is 0 Å². The molecule has 1 aromatic carbocycles. The summed E-state index contributed by atoms with van der Waals surface area (Å²) < 4.78 is 5.26. The van der Waals surface area contributed by atoms with Gasteiger partial charge < -0.3 is 26.4 Å². The molecule has 1 aromatic rings. The second kappa shape index (κ2) is 13.0. The molecule has 0 saturated carbocycles. The maximum absolute atomic E-state index is 13.1. The van der Waals surface area contributed by atoms with E-state index >= 15 is 0 Å². The third-order valence-corrected chi connectivity index (χ3v) is 4.90. The Balaban J connectivity index is 2.96. The van der Waals surface area contributed by atoms with E-state index in [0.29, 0.717) is 6.42 Å². The van der Waals surface area contributed by atoms with Crippen LogP contribution in [-0.2, 0) is 25.5 Å². The van der Waals surface area contributed by atoms with Gasteiger partial charge in [-0.3, -0.25) is 14.4 Å². The molecule has 0 heterocycles. The number of amides is 4. The van der Waals surface area contributed by atoms with E-state index in [0.717, 1.165) is 5.56 Å². The van der Waals surface area contributed by atoms with E-state index in [1.807, 2.05) is 44.2 Å². The van der Waals surface area contributed by atoms with Crippen molar-refractivity contribution in [2.24, 2.45) is 17.6 Å². The van der Waals surface area contributed by atoms with Crippen LogP contribution < -0.4 is 21.7 Å². The van der Waals surface area contributed by atoms with Crippen LogP contribution in [0.2, 0.25) is 0 Å². The molecule has 34 heavy (non-hydrogen) atoms. The standard InChI is InChI=1S/C25H40N4O5/c1-15(2)13-19(22(31)27-18(21(26)30)14-17-11-9-8-10-12-17)28-23(32)20(16(3)4)29-24(33)34-25(5,6)7/h8-12,15-16,18-20H,13-14H2,1-7H3,(H2,26,30)(H,27,31)(H,28,32)(H,29,33). The normalized spacial score (nSPS) is 14.1. The van der Waals surface area contributed by atoms with Gasteiger partial charge in [0, 0.05) is 6.42 Å². The summed E-state index contributed by atoms with van der Waals surface area (Å²) in [6, 6.07) is 6.45. The molecule has 0 aliphatic rings. The molecule has 0 saturated heterocycles. The van der Waals surface area contributed by atoms with Crippen molar-refractivity contribution in [3.63, 3.8) is 0 Å². The first kappa shape index (κ1) is 28.9. The predicted octanol–water partition coefficient (Wildman–Crippen LogP) is 2.28. The zero-order chi connectivity index (χ0) is 26.1. The summed E-state index contributed by atoms with van der Waals surface area (Å²) in [6.45, 7) is 12.6. The summed E-state index contributed by atoms with van der Waals surface area (Å²) >= 11 is 0. The fourth-order valence-corrected chi connectivity index (χ4v) is 3.28. The highest BCUT2D eigenvalue weighted by Crippen LogP contribution is 2.11. The topological polar surface area (TPSA) is 140 Å². The Hall–Kier alpha value is -3.10. The van der Waals surface area contributed by atoms with Crippen LogP contribution in [0.3, 0.4) is 0 Å². The third kappa shape index (κ3) is 10.7. The molecule has 9 heteroatoms. The molecule has 3 atom stereocenters. The van der Waals surface area contributed by atoms with Crippen molar-refractivity contribution < 1.29 is 23.9 Å². The monoisotopic (exact) mass is 476 g/mol. The van der Waals surface area contributed by atoms with Crippen LogP contribution in [0.1, 0.15) is 60.5 Å². The van der Waals surface area contributed by atoms with E-state index < -0.39 is 47.5 Å². The molecule has 0 fully saturated rings. The van der Waals surface area contributed by atoms with Gasteiger partial charge >= 0.3 is 6.09 Å². The number of primary amides is 1. The molecule has 3 unspecified atom stereocenters. The minimum Gasteiger partial charge on any atom is -0.444 e. The van der Waals surface area contributed by atoms with Crippen LogP contribution in [0.5, 0.6) is 0 Å². The van der Waals surface area contributed by atoms with Crippen LogP contribution in [-0.4, -0.2) is 47.5 Å². The van der Waals surface area contributed by atoms with E-state index in [4.69, 9.17) is 10.5 Å². The molecule has 9 nitrogen and oxygen atoms in total. The highest BCUT2D eigenvalue weighted by molar-refractivity contribution is 5.93. The fraction of sp³-hybridized carbons (Fsp3) is 0.600. The van der Waals surface area contributed by atoms with Gasteiger partial charge in [-0.1, -0.05) is 58.0 Å². The van der Waals surface area contributed by atoms with Crippen molar-refractivity contribution in [2.45, 2.75) is 85.0 Å². The lowest BCUT2D eigenvalue weighted by atomic mass is 9.99. The Labute approximate surface area is 202 Å². The van der Waals surface area contributed by atoms with Crippen molar-refractivity contribution in [1.82, 2.24) is 16.0 Å². The number of benzene rings is 1. The molecule has 0 aliphatic heterocycles. The van der Waals surface area contributed by atoms with Crippen LogP contribution in [0.15, 0.2) is 30.3 Å². The number of nitrogens with two attached hydrogens (primary N) is 1. The first-order valence-corrected chi connectivity index (χ1v) is 11.6. The highest BCUT2D eigenvalue weighted by Gasteiger charge is 2.32. The number of hydrogen-bond donors (Lipinski definition) is 4. The molecule has 0 aromatic heterocycles. The summed E-state index contributed by atoms with van der Waals surface area (Å²) in [5.41, 5.74) is 5.65. The van der Waals surface area contributed by atoms with E-state index in [-0.39, 0.29) is 18.3 Å². The van der Waals surface area contributed by atoms with Crippen molar-refractivity contribution in [3.8, 4) is 0 Å². The Morgan fingerprint density at radius 2 is 1.44 bits per heavy atom. The fourth-order valence-electron chi connectivity index (χ4n) is 3.28. The molecular weight excluding hydrogens is 436 g/mol. The molecule has 0 radical (unpaired) electrons. The average Bonchev–Trinajstić information content (AvgIpc) is 2.69. The Kier molecular flexibility index (Phi) is 11.0. The average molecular weight is 477 g/mol. The molecule has 0 bridgehead atoms. The molecule has 190 valence electrons. The van der Waals surface area contributed by atoms with Gasteiger partial charge in [-0.25, -0.2) is 4.79 Å². The second-order valence-corrected chi connectivity index (χ2v) is 10.2. The van der Waals surface area contributed by atoms with Crippen molar-refractivity contribution in [2.75, 3.05) is 0 Å². The lowest BCUT2D eigenvalue weighted by molar-refractivity contribution is -0.132. The summed E-state index contributed by atoms with van der Waals surface area (Å²) in [5, 5.41) is 7.99. The maximum Gasteiger partial charge on any atom is 0.408 e. The van der Waals surface area contributed by atoms with Crippen LogP contribution >= 0.6 is 0 Å². The number of nitrogens with one attached hydrogen (secondary N) is 3. The Morgan fingerprint density at radius 3 is 1.91 bits per heavy atom. The smallest absolute Gasteiger partial charge is 0.408 e. The van der Waals surface area contributed by atoms with Gasteiger partial charge in [-0.15, -0.1) is 0 Å². The molecular formula is C25H40N4O5. The minimum atomic E-state index is -0.928. The van der Waals surface area contributed by atoms with Crippen LogP contribution in [0.25, 0.3) is 0 Å². The van der Waals surface area contributed by atoms with Gasteiger partial charge in [0.05, 0.1) is 0 Å². The van der Waals surface area contributed by atoms with Crippen molar-refractivity contribution in [1.29, 1.82) is 0 Å². The third-order valence-electron chi connectivity index (χ3n) is 4.90. The zero-order valence-electron chi connectivity index (χ0n) is 21.3. The Morgan fingerprint density at radius 1 is 0.882 bits per heavy atom. The largest absolute Gasteiger partial charge is 0.444 e. The van der Waals surface area contributed by atoms with Gasteiger partial charge in [0.1, 0.15) is 23.7 Å². The summed E-state index contributed by atoms with van der Waals surface area (Å²) in [5.74, 6) is -1.87. The number of carbonyl (C=O) groups excluding carboxylic acids is 4. The zero-order valence-corrected chi connectivity index (χ0v) is 21.3. The van der Waals surface area contributed by atoms with Crippen LogP contribution in [0, 0.1) is 11.8 Å². The van der Waals surface area contributed by atoms with Crippen LogP contribution in [0.4, 0.5) is 4.79 Å². The predicted molar refractivity (Wildman–Crippen MR) is 131 cm³/mol.